The van der Waals surface area contributed by atoms with Crippen LogP contribution in [0.15, 0.2) is 0 Å². The molecule has 1 saturated carbocycles. The molecule has 2 nitrogen and oxygen atoms in total. The third-order valence-electron chi connectivity index (χ3n) is 4.68. The summed E-state index contributed by atoms with van der Waals surface area (Å²) in [7, 11) is 0. The maximum atomic E-state index is 5.50. The van der Waals surface area contributed by atoms with Crippen molar-refractivity contribution in [1.82, 2.24) is 5.32 Å². The maximum Gasteiger partial charge on any atom is 0.0465 e. The van der Waals surface area contributed by atoms with Gasteiger partial charge in [-0.3, -0.25) is 0 Å². The summed E-state index contributed by atoms with van der Waals surface area (Å²) in [6, 6.07) is 0.618. The summed E-state index contributed by atoms with van der Waals surface area (Å²) in [5, 5.41) is 3.65. The zero-order chi connectivity index (χ0) is 14.1. The number of ether oxygens (including phenoxy) is 1. The summed E-state index contributed by atoms with van der Waals surface area (Å²) >= 11 is 0. The lowest BCUT2D eigenvalue weighted by Gasteiger charge is -2.36. The fraction of sp³-hybridized carbons (Fsp3) is 1.00. The van der Waals surface area contributed by atoms with E-state index in [0.717, 1.165) is 31.0 Å². The van der Waals surface area contributed by atoms with Crippen molar-refractivity contribution < 1.29 is 4.74 Å². The molecule has 0 amide bonds. The average molecular weight is 269 g/mol. The molecule has 3 atom stereocenters. The Kier molecular flexibility index (Phi) is 8.72. The fourth-order valence-corrected chi connectivity index (χ4v) is 3.40. The zero-order valence-corrected chi connectivity index (χ0v) is 13.6. The van der Waals surface area contributed by atoms with Crippen molar-refractivity contribution in [3.63, 3.8) is 0 Å². The van der Waals surface area contributed by atoms with Gasteiger partial charge < -0.3 is 10.1 Å². The highest BCUT2D eigenvalue weighted by Gasteiger charge is 2.29. The van der Waals surface area contributed by atoms with Crippen LogP contribution in [0, 0.1) is 17.8 Å². The van der Waals surface area contributed by atoms with Crippen molar-refractivity contribution in [2.24, 2.45) is 17.8 Å². The zero-order valence-electron chi connectivity index (χ0n) is 13.6. The lowest BCUT2D eigenvalue weighted by atomic mass is 9.71. The summed E-state index contributed by atoms with van der Waals surface area (Å²) in [5.41, 5.74) is 0. The monoisotopic (exact) mass is 269 g/mol. The molecule has 1 fully saturated rings. The highest BCUT2D eigenvalue weighted by molar-refractivity contribution is 4.81. The fourth-order valence-electron chi connectivity index (χ4n) is 3.40. The van der Waals surface area contributed by atoms with Gasteiger partial charge in [0.1, 0.15) is 0 Å². The van der Waals surface area contributed by atoms with Gasteiger partial charge in [0.05, 0.1) is 0 Å². The predicted octanol–water partition coefficient (Wildman–Crippen LogP) is 4.24. The van der Waals surface area contributed by atoms with Crippen molar-refractivity contribution >= 4 is 0 Å². The highest BCUT2D eigenvalue weighted by Crippen LogP contribution is 2.37. The highest BCUT2D eigenvalue weighted by atomic mass is 16.5. The Balaban J connectivity index is 2.36. The quantitative estimate of drug-likeness (QED) is 0.632. The lowest BCUT2D eigenvalue weighted by molar-refractivity contribution is 0.116. The Labute approximate surface area is 120 Å². The summed E-state index contributed by atoms with van der Waals surface area (Å²) < 4.78 is 5.50. The number of nitrogens with one attached hydrogen (secondary N) is 1. The Morgan fingerprint density at radius 1 is 1.16 bits per heavy atom. The molecule has 0 aromatic carbocycles. The van der Waals surface area contributed by atoms with E-state index in [1.165, 1.54) is 45.1 Å². The number of rotatable bonds is 9. The second-order valence-corrected chi connectivity index (χ2v) is 6.51. The molecule has 0 aliphatic heterocycles. The van der Waals surface area contributed by atoms with Crippen LogP contribution in [0.3, 0.4) is 0 Å². The van der Waals surface area contributed by atoms with Crippen LogP contribution >= 0.6 is 0 Å². The Morgan fingerprint density at radius 2 is 1.95 bits per heavy atom. The van der Waals surface area contributed by atoms with E-state index in [2.05, 4.69) is 33.0 Å². The summed E-state index contributed by atoms with van der Waals surface area (Å²) in [4.78, 5) is 0. The van der Waals surface area contributed by atoms with E-state index >= 15 is 0 Å². The molecule has 2 heteroatoms. The first kappa shape index (κ1) is 17.0. The number of hydrogen-bond donors (Lipinski definition) is 1. The van der Waals surface area contributed by atoms with E-state index in [4.69, 9.17) is 4.74 Å². The summed E-state index contributed by atoms with van der Waals surface area (Å²) in [5.74, 6) is 2.80. The SMILES string of the molecule is CCOCCCC1CC(CC)CCC1CNC(C)C. The normalized spacial score (nSPS) is 27.9. The predicted molar refractivity (Wildman–Crippen MR) is 83.5 cm³/mol. The van der Waals surface area contributed by atoms with E-state index in [-0.39, 0.29) is 0 Å². The molecule has 3 unspecified atom stereocenters. The van der Waals surface area contributed by atoms with Crippen LogP contribution in [0.2, 0.25) is 0 Å². The largest absolute Gasteiger partial charge is 0.382 e. The van der Waals surface area contributed by atoms with E-state index in [9.17, 15) is 0 Å². The Morgan fingerprint density at radius 3 is 2.58 bits per heavy atom. The van der Waals surface area contributed by atoms with Gasteiger partial charge in [-0.1, -0.05) is 33.6 Å². The van der Waals surface area contributed by atoms with E-state index in [1.54, 1.807) is 0 Å². The first-order valence-corrected chi connectivity index (χ1v) is 8.48. The van der Waals surface area contributed by atoms with Gasteiger partial charge >= 0.3 is 0 Å². The molecule has 0 saturated heterocycles. The molecule has 1 N–H and O–H groups in total. The first-order chi connectivity index (χ1) is 9.17. The molecule has 0 radical (unpaired) electrons. The first-order valence-electron chi connectivity index (χ1n) is 8.48. The van der Waals surface area contributed by atoms with Crippen LogP contribution < -0.4 is 5.32 Å². The van der Waals surface area contributed by atoms with Crippen molar-refractivity contribution in [3.8, 4) is 0 Å². The molecule has 0 heterocycles. The van der Waals surface area contributed by atoms with Crippen LogP contribution in [0.25, 0.3) is 0 Å². The van der Waals surface area contributed by atoms with Gasteiger partial charge in [0.15, 0.2) is 0 Å². The minimum absolute atomic E-state index is 0.618. The topological polar surface area (TPSA) is 21.3 Å². The van der Waals surface area contributed by atoms with Crippen LogP contribution in [-0.2, 0) is 4.74 Å². The molecule has 1 rings (SSSR count). The smallest absolute Gasteiger partial charge is 0.0465 e. The molecule has 0 spiro atoms. The van der Waals surface area contributed by atoms with Crippen LogP contribution in [0.5, 0.6) is 0 Å². The van der Waals surface area contributed by atoms with Gasteiger partial charge in [-0.05, 0) is 56.9 Å². The van der Waals surface area contributed by atoms with E-state index in [0.29, 0.717) is 6.04 Å². The average Bonchev–Trinajstić information content (AvgIpc) is 2.41. The van der Waals surface area contributed by atoms with E-state index < -0.39 is 0 Å². The van der Waals surface area contributed by atoms with Gasteiger partial charge in [0.25, 0.3) is 0 Å². The van der Waals surface area contributed by atoms with Crippen molar-refractivity contribution in [1.29, 1.82) is 0 Å². The standard InChI is InChI=1S/C17H35NO/c1-5-15-9-10-17(13-18-14(3)4)16(12-15)8-7-11-19-6-2/h14-18H,5-13H2,1-4H3. The minimum atomic E-state index is 0.618. The molecule has 19 heavy (non-hydrogen) atoms. The van der Waals surface area contributed by atoms with Gasteiger partial charge in [0.2, 0.25) is 0 Å². The van der Waals surface area contributed by atoms with Crippen LogP contribution in [-0.4, -0.2) is 25.8 Å². The summed E-state index contributed by atoms with van der Waals surface area (Å²) in [6.07, 6.45) is 8.30. The second-order valence-electron chi connectivity index (χ2n) is 6.51. The third-order valence-corrected chi connectivity index (χ3v) is 4.68. The molecule has 1 aliphatic carbocycles. The van der Waals surface area contributed by atoms with Crippen molar-refractivity contribution in [2.45, 2.75) is 72.3 Å². The molecular formula is C17H35NO. The lowest BCUT2D eigenvalue weighted by Crippen LogP contribution is -2.36. The number of hydrogen-bond acceptors (Lipinski definition) is 2. The molecule has 0 aromatic rings. The van der Waals surface area contributed by atoms with E-state index in [1.807, 2.05) is 0 Å². The molecule has 1 aliphatic rings. The molecule has 0 bridgehead atoms. The molecular weight excluding hydrogens is 234 g/mol. The van der Waals surface area contributed by atoms with Crippen LogP contribution in [0.4, 0.5) is 0 Å². The van der Waals surface area contributed by atoms with Gasteiger partial charge in [-0.15, -0.1) is 0 Å². The third kappa shape index (κ3) is 6.76. The Hall–Kier alpha value is -0.0800. The second kappa shape index (κ2) is 9.77. The van der Waals surface area contributed by atoms with Gasteiger partial charge in [-0.25, -0.2) is 0 Å². The van der Waals surface area contributed by atoms with Crippen molar-refractivity contribution in [2.75, 3.05) is 19.8 Å². The van der Waals surface area contributed by atoms with Crippen molar-refractivity contribution in [3.05, 3.63) is 0 Å². The molecule has 114 valence electrons. The van der Waals surface area contributed by atoms with Gasteiger partial charge in [-0.2, -0.15) is 0 Å². The Bertz CT molecular complexity index is 217. The minimum Gasteiger partial charge on any atom is -0.382 e. The van der Waals surface area contributed by atoms with Gasteiger partial charge in [0, 0.05) is 19.3 Å². The molecule has 0 aromatic heterocycles. The summed E-state index contributed by atoms with van der Waals surface area (Å²) in [6.45, 7) is 12.0. The van der Waals surface area contributed by atoms with Crippen LogP contribution in [0.1, 0.15) is 66.2 Å². The maximum absolute atomic E-state index is 5.50.